The Hall–Kier alpha value is -2.14. The van der Waals surface area contributed by atoms with Gasteiger partial charge in [0.05, 0.1) is 0 Å². The third kappa shape index (κ3) is 2.58. The summed E-state index contributed by atoms with van der Waals surface area (Å²) >= 11 is 5.98. The predicted octanol–water partition coefficient (Wildman–Crippen LogP) is 3.47. The molecule has 0 bridgehead atoms. The lowest BCUT2D eigenvalue weighted by molar-refractivity contribution is 0.921. The minimum atomic E-state index is 0.385. The number of benzene rings is 1. The van der Waals surface area contributed by atoms with Gasteiger partial charge in [-0.05, 0) is 24.1 Å². The van der Waals surface area contributed by atoms with Gasteiger partial charge in [0.1, 0.15) is 17.3 Å². The van der Waals surface area contributed by atoms with E-state index in [0.29, 0.717) is 10.9 Å². The van der Waals surface area contributed by atoms with Crippen LogP contribution < -0.4 is 5.32 Å². The minimum absolute atomic E-state index is 0.385. The van der Waals surface area contributed by atoms with E-state index in [9.17, 15) is 0 Å². The molecule has 3 aromatic rings. The van der Waals surface area contributed by atoms with Crippen molar-refractivity contribution < 1.29 is 0 Å². The highest BCUT2D eigenvalue weighted by molar-refractivity contribution is 6.29. The van der Waals surface area contributed by atoms with Gasteiger partial charge in [-0.1, -0.05) is 37.1 Å². The molecule has 0 radical (unpaired) electrons. The second kappa shape index (κ2) is 5.46. The van der Waals surface area contributed by atoms with Crippen LogP contribution in [-0.2, 0) is 6.42 Å². The summed E-state index contributed by atoms with van der Waals surface area (Å²) in [4.78, 5) is 8.13. The number of halogens is 1. The Labute approximate surface area is 121 Å². The minimum Gasteiger partial charge on any atom is -0.340 e. The largest absolute Gasteiger partial charge is 0.340 e. The van der Waals surface area contributed by atoms with Crippen molar-refractivity contribution in [2.75, 3.05) is 5.32 Å². The standard InChI is InChI=1S/C14H14ClN5/c1-2-3-10-4-6-11(7-5-10)18-13-8-12(15)19-14-16-9-17-20(13)14/h4-9,18H,2-3H2,1H3. The van der Waals surface area contributed by atoms with Crippen LogP contribution in [0.1, 0.15) is 18.9 Å². The molecule has 5 nitrogen and oxygen atoms in total. The summed E-state index contributed by atoms with van der Waals surface area (Å²) in [5.41, 5.74) is 2.31. The van der Waals surface area contributed by atoms with Crippen LogP contribution in [0.2, 0.25) is 5.15 Å². The fourth-order valence-electron chi connectivity index (χ4n) is 2.06. The van der Waals surface area contributed by atoms with Crippen molar-refractivity contribution in [2.24, 2.45) is 0 Å². The predicted molar refractivity (Wildman–Crippen MR) is 79.5 cm³/mol. The van der Waals surface area contributed by atoms with Gasteiger partial charge in [-0.25, -0.2) is 0 Å². The number of nitrogens with zero attached hydrogens (tertiary/aromatic N) is 4. The Morgan fingerprint density at radius 3 is 2.80 bits per heavy atom. The van der Waals surface area contributed by atoms with Gasteiger partial charge >= 0.3 is 0 Å². The smallest absolute Gasteiger partial charge is 0.255 e. The van der Waals surface area contributed by atoms with Crippen LogP contribution in [-0.4, -0.2) is 19.6 Å². The van der Waals surface area contributed by atoms with Gasteiger partial charge in [-0.3, -0.25) is 0 Å². The molecule has 1 aromatic carbocycles. The maximum Gasteiger partial charge on any atom is 0.255 e. The van der Waals surface area contributed by atoms with E-state index >= 15 is 0 Å². The second-order valence-corrected chi connectivity index (χ2v) is 4.90. The quantitative estimate of drug-likeness (QED) is 0.747. The van der Waals surface area contributed by atoms with E-state index in [0.717, 1.165) is 24.3 Å². The van der Waals surface area contributed by atoms with Gasteiger partial charge in [0.2, 0.25) is 0 Å². The molecule has 0 aliphatic carbocycles. The number of rotatable bonds is 4. The zero-order valence-corrected chi connectivity index (χ0v) is 11.8. The first-order valence-electron chi connectivity index (χ1n) is 6.48. The summed E-state index contributed by atoms with van der Waals surface area (Å²) in [7, 11) is 0. The molecule has 102 valence electrons. The average molecular weight is 288 g/mol. The van der Waals surface area contributed by atoms with Crippen molar-refractivity contribution in [3.63, 3.8) is 0 Å². The zero-order valence-electron chi connectivity index (χ0n) is 11.0. The number of aryl methyl sites for hydroxylation is 1. The molecule has 0 aliphatic heterocycles. The highest BCUT2D eigenvalue weighted by Gasteiger charge is 2.06. The number of hydrogen-bond acceptors (Lipinski definition) is 4. The lowest BCUT2D eigenvalue weighted by Crippen LogP contribution is -2.01. The molecule has 1 N–H and O–H groups in total. The number of anilines is 2. The van der Waals surface area contributed by atoms with Crippen molar-refractivity contribution in [3.05, 3.63) is 47.4 Å². The van der Waals surface area contributed by atoms with Crippen molar-refractivity contribution >= 4 is 28.9 Å². The first-order chi connectivity index (χ1) is 9.76. The van der Waals surface area contributed by atoms with Crippen LogP contribution in [0.25, 0.3) is 5.78 Å². The summed E-state index contributed by atoms with van der Waals surface area (Å²) in [6, 6.07) is 10.0. The maximum absolute atomic E-state index is 5.98. The van der Waals surface area contributed by atoms with Crippen LogP contribution in [0.5, 0.6) is 0 Å². The highest BCUT2D eigenvalue weighted by atomic mass is 35.5. The Balaban J connectivity index is 1.90. The molecule has 0 saturated heterocycles. The number of fused-ring (bicyclic) bond motifs is 1. The van der Waals surface area contributed by atoms with E-state index in [1.807, 2.05) is 12.1 Å². The molecule has 3 rings (SSSR count). The second-order valence-electron chi connectivity index (χ2n) is 4.51. The summed E-state index contributed by atoms with van der Waals surface area (Å²) in [5.74, 6) is 1.21. The zero-order chi connectivity index (χ0) is 13.9. The molecular formula is C14H14ClN5. The molecule has 6 heteroatoms. The molecular weight excluding hydrogens is 274 g/mol. The molecule has 0 atom stereocenters. The van der Waals surface area contributed by atoms with E-state index in [2.05, 4.69) is 39.4 Å². The van der Waals surface area contributed by atoms with Crippen LogP contribution in [0.3, 0.4) is 0 Å². The maximum atomic E-state index is 5.98. The van der Waals surface area contributed by atoms with Crippen LogP contribution >= 0.6 is 11.6 Å². The van der Waals surface area contributed by atoms with Gasteiger partial charge in [0.15, 0.2) is 0 Å². The Bertz CT molecular complexity index is 720. The fraction of sp³-hybridized carbons (Fsp3) is 0.214. The van der Waals surface area contributed by atoms with Crippen LogP contribution in [0, 0.1) is 0 Å². The van der Waals surface area contributed by atoms with Crippen LogP contribution in [0.4, 0.5) is 11.5 Å². The summed E-state index contributed by atoms with van der Waals surface area (Å²) < 4.78 is 1.62. The third-order valence-electron chi connectivity index (χ3n) is 2.99. The Morgan fingerprint density at radius 1 is 1.25 bits per heavy atom. The SMILES string of the molecule is CCCc1ccc(Nc2cc(Cl)nc3ncnn23)cc1. The Kier molecular flexibility index (Phi) is 3.52. The molecule has 0 saturated carbocycles. The lowest BCUT2D eigenvalue weighted by Gasteiger charge is -2.08. The Morgan fingerprint density at radius 2 is 2.05 bits per heavy atom. The van der Waals surface area contributed by atoms with E-state index in [-0.39, 0.29) is 0 Å². The van der Waals surface area contributed by atoms with Crippen molar-refractivity contribution in [1.29, 1.82) is 0 Å². The van der Waals surface area contributed by atoms with Gasteiger partial charge < -0.3 is 5.32 Å². The fourth-order valence-corrected chi connectivity index (χ4v) is 2.24. The van der Waals surface area contributed by atoms with Crippen LogP contribution in [0.15, 0.2) is 36.7 Å². The van der Waals surface area contributed by atoms with Gasteiger partial charge in [0.25, 0.3) is 5.78 Å². The van der Waals surface area contributed by atoms with Crippen molar-refractivity contribution in [3.8, 4) is 0 Å². The average Bonchev–Trinajstić information content (AvgIpc) is 2.89. The van der Waals surface area contributed by atoms with E-state index in [4.69, 9.17) is 11.6 Å². The summed E-state index contributed by atoms with van der Waals surface area (Å²) in [6.07, 6.45) is 3.69. The van der Waals surface area contributed by atoms with Gasteiger partial charge in [-0.2, -0.15) is 19.6 Å². The monoisotopic (exact) mass is 287 g/mol. The number of aromatic nitrogens is 4. The van der Waals surface area contributed by atoms with Crippen molar-refractivity contribution in [2.45, 2.75) is 19.8 Å². The molecule has 0 aliphatic rings. The number of nitrogens with one attached hydrogen (secondary N) is 1. The summed E-state index contributed by atoms with van der Waals surface area (Å²) in [6.45, 7) is 2.17. The first-order valence-corrected chi connectivity index (χ1v) is 6.86. The molecule has 0 fully saturated rings. The molecule has 0 unspecified atom stereocenters. The van der Waals surface area contributed by atoms with E-state index < -0.39 is 0 Å². The number of hydrogen-bond donors (Lipinski definition) is 1. The van der Waals surface area contributed by atoms with E-state index in [1.165, 1.54) is 11.9 Å². The molecule has 0 amide bonds. The topological polar surface area (TPSA) is 55.1 Å². The normalized spacial score (nSPS) is 10.9. The summed E-state index contributed by atoms with van der Waals surface area (Å²) in [5, 5.41) is 7.79. The third-order valence-corrected chi connectivity index (χ3v) is 3.18. The van der Waals surface area contributed by atoms with Gasteiger partial charge in [-0.15, -0.1) is 0 Å². The molecule has 0 spiro atoms. The first kappa shape index (κ1) is 12.9. The van der Waals surface area contributed by atoms with E-state index in [1.54, 1.807) is 10.6 Å². The molecule has 2 aromatic heterocycles. The van der Waals surface area contributed by atoms with Crippen molar-refractivity contribution in [1.82, 2.24) is 19.6 Å². The lowest BCUT2D eigenvalue weighted by atomic mass is 10.1. The highest BCUT2D eigenvalue weighted by Crippen LogP contribution is 2.20. The van der Waals surface area contributed by atoms with Gasteiger partial charge in [0, 0.05) is 11.8 Å². The molecule has 2 heterocycles. The molecule has 20 heavy (non-hydrogen) atoms.